The number of rotatable bonds is 5. The Kier molecular flexibility index (Phi) is 8.23. The molecule has 1 aromatic carbocycles. The van der Waals surface area contributed by atoms with Crippen molar-refractivity contribution < 1.29 is 13.9 Å². The summed E-state index contributed by atoms with van der Waals surface area (Å²) in [5.74, 6) is 0.460. The van der Waals surface area contributed by atoms with E-state index in [0.717, 1.165) is 83.2 Å². The van der Waals surface area contributed by atoms with Crippen molar-refractivity contribution in [2.45, 2.75) is 32.9 Å². The third-order valence-corrected chi connectivity index (χ3v) is 8.32. The van der Waals surface area contributed by atoms with E-state index in [9.17, 15) is 9.18 Å². The summed E-state index contributed by atoms with van der Waals surface area (Å²) in [6, 6.07) is 9.89. The molecule has 0 bridgehead atoms. The summed E-state index contributed by atoms with van der Waals surface area (Å²) in [4.78, 5) is 38.1. The Morgan fingerprint density at radius 1 is 0.977 bits per heavy atom. The minimum Gasteiger partial charge on any atom is -0.444 e. The van der Waals surface area contributed by atoms with Gasteiger partial charge in [0.1, 0.15) is 22.8 Å². The minimum absolute atomic E-state index is 0.254. The zero-order valence-corrected chi connectivity index (χ0v) is 26.3. The highest BCUT2D eigenvalue weighted by molar-refractivity contribution is 9.10. The van der Waals surface area contributed by atoms with Gasteiger partial charge in [0, 0.05) is 82.5 Å². The molecule has 4 aromatic rings. The van der Waals surface area contributed by atoms with Gasteiger partial charge in [-0.25, -0.2) is 19.2 Å². The van der Waals surface area contributed by atoms with Crippen LogP contribution in [0, 0.1) is 5.82 Å². The number of benzene rings is 1. The SMILES string of the molecule is CC(C)(C)OC(=O)N1CCN(c2ccc(-c3nc4c(N5CCN(Cc6cncc(F)c6)CC5)c(Br)cnc4[nH]3)cc2)CC1. The lowest BCUT2D eigenvalue weighted by Gasteiger charge is -2.36. The van der Waals surface area contributed by atoms with Crippen LogP contribution in [0.5, 0.6) is 0 Å². The fraction of sp³-hybridized carbons (Fsp3) is 0.419. The maximum absolute atomic E-state index is 13.6. The maximum atomic E-state index is 13.6. The van der Waals surface area contributed by atoms with Crippen LogP contribution in [0.25, 0.3) is 22.6 Å². The molecular weight excluding hydrogens is 615 g/mol. The van der Waals surface area contributed by atoms with Crippen molar-refractivity contribution in [3.05, 3.63) is 64.8 Å². The molecule has 3 aromatic heterocycles. The number of nitrogens with one attached hydrogen (secondary N) is 1. The molecule has 5 heterocycles. The van der Waals surface area contributed by atoms with E-state index >= 15 is 0 Å². The maximum Gasteiger partial charge on any atom is 0.410 e. The first kappa shape index (κ1) is 29.3. The number of aromatic amines is 1. The summed E-state index contributed by atoms with van der Waals surface area (Å²) in [5.41, 5.74) is 5.07. The number of H-pyrrole nitrogens is 1. The first-order chi connectivity index (χ1) is 20.6. The highest BCUT2D eigenvalue weighted by atomic mass is 79.9. The van der Waals surface area contributed by atoms with Gasteiger partial charge in [-0.2, -0.15) is 0 Å². The Morgan fingerprint density at radius 2 is 1.67 bits per heavy atom. The van der Waals surface area contributed by atoms with Crippen molar-refractivity contribution in [3.63, 3.8) is 0 Å². The van der Waals surface area contributed by atoms with E-state index in [0.29, 0.717) is 19.6 Å². The number of nitrogens with zero attached hydrogens (tertiary/aromatic N) is 7. The van der Waals surface area contributed by atoms with Gasteiger partial charge in [0.05, 0.1) is 16.4 Å². The van der Waals surface area contributed by atoms with Crippen LogP contribution in [0.1, 0.15) is 26.3 Å². The molecule has 0 aliphatic carbocycles. The van der Waals surface area contributed by atoms with E-state index in [1.807, 2.05) is 27.0 Å². The highest BCUT2D eigenvalue weighted by Gasteiger charge is 2.27. The van der Waals surface area contributed by atoms with Crippen LogP contribution in [0.2, 0.25) is 0 Å². The Labute approximate surface area is 259 Å². The van der Waals surface area contributed by atoms with E-state index in [2.05, 4.69) is 69.8 Å². The van der Waals surface area contributed by atoms with Crippen LogP contribution in [0.15, 0.2) is 53.4 Å². The van der Waals surface area contributed by atoms with Crippen LogP contribution in [0.3, 0.4) is 0 Å². The van der Waals surface area contributed by atoms with E-state index in [1.54, 1.807) is 17.2 Å². The topological polar surface area (TPSA) is 93.7 Å². The Bertz CT molecular complexity index is 1590. The molecule has 2 aliphatic rings. The van der Waals surface area contributed by atoms with Crippen molar-refractivity contribution in [2.75, 3.05) is 62.2 Å². The Hall–Kier alpha value is -3.77. The third kappa shape index (κ3) is 6.75. The summed E-state index contributed by atoms with van der Waals surface area (Å²) in [5, 5.41) is 0. The number of ether oxygens (including phenoxy) is 1. The number of amides is 1. The van der Waals surface area contributed by atoms with Gasteiger partial charge in [-0.15, -0.1) is 0 Å². The molecule has 1 N–H and O–H groups in total. The van der Waals surface area contributed by atoms with Gasteiger partial charge in [0.25, 0.3) is 0 Å². The lowest BCUT2D eigenvalue weighted by molar-refractivity contribution is 0.0240. The molecule has 6 rings (SSSR count). The van der Waals surface area contributed by atoms with Crippen LogP contribution < -0.4 is 9.80 Å². The number of fused-ring (bicyclic) bond motifs is 1. The quantitative estimate of drug-likeness (QED) is 0.311. The average Bonchev–Trinajstić information content (AvgIpc) is 3.41. The second-order valence-corrected chi connectivity index (χ2v) is 12.9. The summed E-state index contributed by atoms with van der Waals surface area (Å²) in [7, 11) is 0. The van der Waals surface area contributed by atoms with Gasteiger partial charge >= 0.3 is 6.09 Å². The molecule has 10 nitrogen and oxygen atoms in total. The number of piperazine rings is 2. The number of halogens is 2. The van der Waals surface area contributed by atoms with E-state index < -0.39 is 5.60 Å². The van der Waals surface area contributed by atoms with Crippen molar-refractivity contribution >= 4 is 44.6 Å². The van der Waals surface area contributed by atoms with E-state index in [-0.39, 0.29) is 11.9 Å². The van der Waals surface area contributed by atoms with Gasteiger partial charge in [-0.3, -0.25) is 9.88 Å². The van der Waals surface area contributed by atoms with Crippen LogP contribution in [-0.4, -0.2) is 93.8 Å². The Balaban J connectivity index is 1.12. The smallest absolute Gasteiger partial charge is 0.410 e. The summed E-state index contributed by atoms with van der Waals surface area (Å²) in [6.07, 6.45) is 4.53. The zero-order chi connectivity index (χ0) is 30.1. The molecule has 2 fully saturated rings. The average molecular weight is 652 g/mol. The lowest BCUT2D eigenvalue weighted by Crippen LogP contribution is -2.50. The largest absolute Gasteiger partial charge is 0.444 e. The number of aromatic nitrogens is 4. The second-order valence-electron chi connectivity index (χ2n) is 12.0. The standard InChI is InChI=1S/C31H36BrFN8O2/c1-31(2,3)43-30(42)41-14-12-39(13-15-41)24-6-4-22(5-7-24)28-36-26-27(25(32)19-35-29(26)37-28)40-10-8-38(9-11-40)20-21-16-23(33)18-34-17-21/h4-7,16-19H,8-15,20H2,1-3H3,(H,35,36,37). The van der Waals surface area contributed by atoms with Gasteiger partial charge in [-0.05, 0) is 72.6 Å². The number of anilines is 2. The summed E-state index contributed by atoms with van der Waals surface area (Å²) < 4.78 is 20.0. The molecule has 43 heavy (non-hydrogen) atoms. The number of imidazole rings is 1. The van der Waals surface area contributed by atoms with E-state index in [4.69, 9.17) is 9.72 Å². The van der Waals surface area contributed by atoms with Crippen molar-refractivity contribution in [2.24, 2.45) is 0 Å². The Morgan fingerprint density at radius 3 is 2.35 bits per heavy atom. The number of carbonyl (C=O) groups excluding carboxylic acids is 1. The molecule has 2 aliphatic heterocycles. The number of hydrogen-bond acceptors (Lipinski definition) is 8. The van der Waals surface area contributed by atoms with Crippen LogP contribution in [0.4, 0.5) is 20.6 Å². The van der Waals surface area contributed by atoms with Crippen molar-refractivity contribution in [3.8, 4) is 11.4 Å². The lowest BCUT2D eigenvalue weighted by atomic mass is 10.1. The molecule has 0 atom stereocenters. The number of pyridine rings is 2. The summed E-state index contributed by atoms with van der Waals surface area (Å²) in [6.45, 7) is 12.4. The molecule has 226 valence electrons. The van der Waals surface area contributed by atoms with Gasteiger partial charge in [0.15, 0.2) is 5.65 Å². The minimum atomic E-state index is -0.495. The second kappa shape index (κ2) is 12.1. The van der Waals surface area contributed by atoms with E-state index in [1.165, 1.54) is 6.20 Å². The number of carbonyl (C=O) groups is 1. The van der Waals surface area contributed by atoms with Crippen LogP contribution >= 0.6 is 15.9 Å². The third-order valence-electron chi connectivity index (χ3n) is 7.74. The molecule has 1 amide bonds. The van der Waals surface area contributed by atoms with Gasteiger partial charge in [0.2, 0.25) is 0 Å². The molecule has 0 unspecified atom stereocenters. The fourth-order valence-corrected chi connectivity index (χ4v) is 6.13. The fourth-order valence-electron chi connectivity index (χ4n) is 5.59. The number of hydrogen-bond donors (Lipinski definition) is 1. The first-order valence-corrected chi connectivity index (χ1v) is 15.4. The molecule has 12 heteroatoms. The molecule has 0 radical (unpaired) electrons. The van der Waals surface area contributed by atoms with Gasteiger partial charge in [-0.1, -0.05) is 0 Å². The zero-order valence-electron chi connectivity index (χ0n) is 24.7. The predicted molar refractivity (Wildman–Crippen MR) is 169 cm³/mol. The molecular formula is C31H36BrFN8O2. The van der Waals surface area contributed by atoms with Crippen LogP contribution in [-0.2, 0) is 11.3 Å². The molecule has 0 saturated carbocycles. The predicted octanol–water partition coefficient (Wildman–Crippen LogP) is 5.30. The first-order valence-electron chi connectivity index (χ1n) is 14.6. The normalized spacial score (nSPS) is 16.6. The molecule has 2 saturated heterocycles. The highest BCUT2D eigenvalue weighted by Crippen LogP contribution is 2.35. The molecule has 0 spiro atoms. The van der Waals surface area contributed by atoms with Crippen molar-refractivity contribution in [1.29, 1.82) is 0 Å². The van der Waals surface area contributed by atoms with Crippen molar-refractivity contribution in [1.82, 2.24) is 29.7 Å². The summed E-state index contributed by atoms with van der Waals surface area (Å²) >= 11 is 3.72. The van der Waals surface area contributed by atoms with Gasteiger partial charge < -0.3 is 24.4 Å². The monoisotopic (exact) mass is 650 g/mol.